The first-order chi connectivity index (χ1) is 12.0. The molecule has 0 N–H and O–H groups in total. The summed E-state index contributed by atoms with van der Waals surface area (Å²) in [6.45, 7) is 1.53. The van der Waals surface area contributed by atoms with Crippen molar-refractivity contribution in [1.29, 1.82) is 0 Å². The Bertz CT molecular complexity index is 765. The van der Waals surface area contributed by atoms with E-state index < -0.39 is 17.0 Å². The van der Waals surface area contributed by atoms with E-state index in [9.17, 15) is 18.8 Å². The summed E-state index contributed by atoms with van der Waals surface area (Å²) in [6, 6.07) is 4.29. The van der Waals surface area contributed by atoms with E-state index in [1.807, 2.05) is 0 Å². The van der Waals surface area contributed by atoms with E-state index >= 15 is 0 Å². The number of thioether (sulfide) groups is 1. The highest BCUT2D eigenvalue weighted by Crippen LogP contribution is 2.32. The number of hydrogen-bond donors (Lipinski definition) is 0. The SMILES string of the molecule is O=C(CN1C(=O)S/C(=C/c2ccc(F)c(Br)c2)C1=O)N1CCOCC1. The second-order valence-electron chi connectivity index (χ2n) is 5.43. The van der Waals surface area contributed by atoms with Gasteiger partial charge in [-0.05, 0) is 51.5 Å². The topological polar surface area (TPSA) is 66.9 Å². The van der Waals surface area contributed by atoms with Crippen LogP contribution < -0.4 is 0 Å². The lowest BCUT2D eigenvalue weighted by atomic mass is 10.2. The number of morpholine rings is 1. The zero-order chi connectivity index (χ0) is 18.0. The molecule has 3 rings (SSSR count). The fraction of sp³-hybridized carbons (Fsp3) is 0.312. The van der Waals surface area contributed by atoms with Gasteiger partial charge in [-0.15, -0.1) is 0 Å². The Morgan fingerprint density at radius 2 is 2.04 bits per heavy atom. The summed E-state index contributed by atoms with van der Waals surface area (Å²) in [4.78, 5) is 39.5. The van der Waals surface area contributed by atoms with Crippen LogP contribution in [0.1, 0.15) is 5.56 Å². The molecule has 6 nitrogen and oxygen atoms in total. The highest BCUT2D eigenvalue weighted by molar-refractivity contribution is 9.10. The number of amides is 3. The number of halogens is 2. The van der Waals surface area contributed by atoms with Gasteiger partial charge in [-0.3, -0.25) is 19.3 Å². The summed E-state index contributed by atoms with van der Waals surface area (Å²) in [5, 5.41) is -0.487. The van der Waals surface area contributed by atoms with Gasteiger partial charge < -0.3 is 9.64 Å². The first-order valence-corrected chi connectivity index (χ1v) is 9.12. The maximum atomic E-state index is 13.3. The highest BCUT2D eigenvalue weighted by Gasteiger charge is 2.37. The molecule has 9 heteroatoms. The third-order valence-corrected chi connectivity index (χ3v) is 5.29. The van der Waals surface area contributed by atoms with Gasteiger partial charge in [0.25, 0.3) is 11.1 Å². The van der Waals surface area contributed by atoms with Gasteiger partial charge in [0.15, 0.2) is 0 Å². The molecule has 2 saturated heterocycles. The maximum Gasteiger partial charge on any atom is 0.294 e. The van der Waals surface area contributed by atoms with Crippen LogP contribution in [-0.2, 0) is 14.3 Å². The van der Waals surface area contributed by atoms with E-state index in [-0.39, 0.29) is 21.8 Å². The van der Waals surface area contributed by atoms with Gasteiger partial charge in [-0.25, -0.2) is 4.39 Å². The van der Waals surface area contributed by atoms with Gasteiger partial charge in [-0.1, -0.05) is 6.07 Å². The summed E-state index contributed by atoms with van der Waals surface area (Å²) >= 11 is 3.85. The van der Waals surface area contributed by atoms with Gasteiger partial charge >= 0.3 is 0 Å². The minimum atomic E-state index is -0.517. The molecule has 2 aliphatic rings. The van der Waals surface area contributed by atoms with Crippen LogP contribution in [0, 0.1) is 5.82 Å². The summed E-state index contributed by atoms with van der Waals surface area (Å²) in [7, 11) is 0. The molecular formula is C16H14BrFN2O4S. The monoisotopic (exact) mass is 428 g/mol. The van der Waals surface area contributed by atoms with Gasteiger partial charge in [0.1, 0.15) is 12.4 Å². The lowest BCUT2D eigenvalue weighted by Gasteiger charge is -2.28. The fourth-order valence-corrected chi connectivity index (χ4v) is 3.67. The van der Waals surface area contributed by atoms with Crippen molar-refractivity contribution in [2.75, 3.05) is 32.8 Å². The molecule has 0 spiro atoms. The number of hydrogen-bond acceptors (Lipinski definition) is 5. The van der Waals surface area contributed by atoms with Crippen molar-refractivity contribution in [1.82, 2.24) is 9.80 Å². The van der Waals surface area contributed by atoms with Crippen LogP contribution in [0.2, 0.25) is 0 Å². The predicted octanol–water partition coefficient (Wildman–Crippen LogP) is 2.48. The van der Waals surface area contributed by atoms with E-state index in [2.05, 4.69) is 15.9 Å². The Morgan fingerprint density at radius 1 is 1.32 bits per heavy atom. The van der Waals surface area contributed by atoms with Crippen LogP contribution in [0.3, 0.4) is 0 Å². The third kappa shape index (κ3) is 4.10. The Balaban J connectivity index is 1.72. The van der Waals surface area contributed by atoms with Crippen LogP contribution in [-0.4, -0.2) is 59.7 Å². The van der Waals surface area contributed by atoms with E-state index in [0.717, 1.165) is 16.7 Å². The average Bonchev–Trinajstić information content (AvgIpc) is 2.86. The van der Waals surface area contributed by atoms with Crippen molar-refractivity contribution in [3.05, 3.63) is 39.0 Å². The van der Waals surface area contributed by atoms with Crippen LogP contribution in [0.4, 0.5) is 9.18 Å². The van der Waals surface area contributed by atoms with Crippen LogP contribution in [0.25, 0.3) is 6.08 Å². The molecule has 2 heterocycles. The van der Waals surface area contributed by atoms with E-state index in [1.54, 1.807) is 4.90 Å². The molecule has 0 saturated carbocycles. The quantitative estimate of drug-likeness (QED) is 0.691. The number of nitrogens with zero attached hydrogens (tertiary/aromatic N) is 2. The third-order valence-electron chi connectivity index (χ3n) is 3.77. The summed E-state index contributed by atoms with van der Waals surface area (Å²) < 4.78 is 18.7. The number of carbonyl (C=O) groups excluding carboxylic acids is 3. The normalized spacial score (nSPS) is 19.8. The molecular weight excluding hydrogens is 415 g/mol. The number of benzene rings is 1. The smallest absolute Gasteiger partial charge is 0.294 e. The number of rotatable bonds is 3. The summed E-state index contributed by atoms with van der Waals surface area (Å²) in [6.07, 6.45) is 1.51. The van der Waals surface area contributed by atoms with Gasteiger partial charge in [-0.2, -0.15) is 0 Å². The van der Waals surface area contributed by atoms with Crippen molar-refractivity contribution >= 4 is 50.8 Å². The lowest BCUT2D eigenvalue weighted by Crippen LogP contribution is -2.46. The van der Waals surface area contributed by atoms with E-state index in [0.29, 0.717) is 31.9 Å². The molecule has 0 aliphatic carbocycles. The molecule has 2 fully saturated rings. The molecule has 0 bridgehead atoms. The van der Waals surface area contributed by atoms with Crippen molar-refractivity contribution < 1.29 is 23.5 Å². The average molecular weight is 429 g/mol. The predicted molar refractivity (Wildman–Crippen MR) is 94.2 cm³/mol. The molecule has 25 heavy (non-hydrogen) atoms. The molecule has 0 aromatic heterocycles. The standard InChI is InChI=1S/C16H14BrFN2O4S/c17-11-7-10(1-2-12(11)18)8-13-15(22)20(16(23)25-13)9-14(21)19-3-5-24-6-4-19/h1-2,7-8H,3-6,9H2/b13-8+. The minimum Gasteiger partial charge on any atom is -0.378 e. The Kier molecular flexibility index (Phi) is 5.55. The molecule has 3 amide bonds. The van der Waals surface area contributed by atoms with Gasteiger partial charge in [0.05, 0.1) is 22.6 Å². The van der Waals surface area contributed by atoms with Crippen LogP contribution in [0.5, 0.6) is 0 Å². The molecule has 2 aliphatic heterocycles. The van der Waals surface area contributed by atoms with Crippen molar-refractivity contribution in [2.24, 2.45) is 0 Å². The van der Waals surface area contributed by atoms with Crippen molar-refractivity contribution in [2.45, 2.75) is 0 Å². The Hall–Kier alpha value is -1.71. The lowest BCUT2D eigenvalue weighted by molar-refractivity contribution is -0.139. The number of ether oxygens (including phenoxy) is 1. The maximum absolute atomic E-state index is 13.3. The van der Waals surface area contributed by atoms with Crippen LogP contribution >= 0.6 is 27.7 Å². The Labute approximate surface area is 156 Å². The van der Waals surface area contributed by atoms with Gasteiger partial charge in [0, 0.05) is 13.1 Å². The zero-order valence-corrected chi connectivity index (χ0v) is 15.4. The summed E-state index contributed by atoms with van der Waals surface area (Å²) in [5.74, 6) is -1.21. The highest BCUT2D eigenvalue weighted by atomic mass is 79.9. The largest absolute Gasteiger partial charge is 0.378 e. The first-order valence-electron chi connectivity index (χ1n) is 7.51. The number of imide groups is 1. The number of carbonyl (C=O) groups is 3. The molecule has 132 valence electrons. The summed E-state index contributed by atoms with van der Waals surface area (Å²) in [5.41, 5.74) is 0.582. The molecule has 0 radical (unpaired) electrons. The van der Waals surface area contributed by atoms with E-state index in [4.69, 9.17) is 4.74 Å². The molecule has 1 aromatic rings. The van der Waals surface area contributed by atoms with E-state index in [1.165, 1.54) is 24.3 Å². The van der Waals surface area contributed by atoms with Crippen molar-refractivity contribution in [3.8, 4) is 0 Å². The second-order valence-corrected chi connectivity index (χ2v) is 7.28. The molecule has 0 unspecified atom stereocenters. The fourth-order valence-electron chi connectivity index (χ4n) is 2.44. The second kappa shape index (κ2) is 7.67. The molecule has 0 atom stereocenters. The molecule has 1 aromatic carbocycles. The van der Waals surface area contributed by atoms with Crippen molar-refractivity contribution in [3.63, 3.8) is 0 Å². The minimum absolute atomic E-state index is 0.207. The van der Waals surface area contributed by atoms with Gasteiger partial charge in [0.2, 0.25) is 5.91 Å². The first kappa shape index (κ1) is 18.1. The van der Waals surface area contributed by atoms with Crippen LogP contribution in [0.15, 0.2) is 27.6 Å². The Morgan fingerprint density at radius 3 is 2.72 bits per heavy atom. The zero-order valence-electron chi connectivity index (χ0n) is 13.0.